The van der Waals surface area contributed by atoms with E-state index in [9.17, 15) is 13.2 Å². The summed E-state index contributed by atoms with van der Waals surface area (Å²) in [6.45, 7) is 2.50. The number of benzene rings is 2. The molecule has 0 aromatic heterocycles. The lowest BCUT2D eigenvalue weighted by atomic mass is 9.96. The van der Waals surface area contributed by atoms with Crippen molar-refractivity contribution in [2.45, 2.75) is 17.7 Å². The van der Waals surface area contributed by atoms with Gasteiger partial charge in [0.15, 0.2) is 0 Å². The summed E-state index contributed by atoms with van der Waals surface area (Å²) in [4.78, 5) is 14.7. The molecule has 1 aliphatic rings. The highest BCUT2D eigenvalue weighted by Gasteiger charge is 2.23. The van der Waals surface area contributed by atoms with Crippen LogP contribution in [0.3, 0.4) is 0 Å². The van der Waals surface area contributed by atoms with Crippen LogP contribution in [0.2, 0.25) is 0 Å². The third kappa shape index (κ3) is 5.47. The maximum atomic E-state index is 12.7. The van der Waals surface area contributed by atoms with Crippen LogP contribution in [0.5, 0.6) is 0 Å². The Hall–Kier alpha value is -2.09. The Morgan fingerprint density at radius 1 is 1.04 bits per heavy atom. The normalized spacial score (nSPS) is 15.0. The second kappa shape index (κ2) is 9.91. The van der Waals surface area contributed by atoms with Crippen molar-refractivity contribution in [1.82, 2.24) is 10.2 Å². The summed E-state index contributed by atoms with van der Waals surface area (Å²) < 4.78 is 27.3. The lowest BCUT2D eigenvalue weighted by Crippen LogP contribution is -2.40. The van der Waals surface area contributed by atoms with E-state index in [0.29, 0.717) is 17.2 Å². The number of carbonyl (C=O) groups is 1. The molecule has 28 heavy (non-hydrogen) atoms. The van der Waals surface area contributed by atoms with Crippen LogP contribution in [-0.2, 0) is 10.0 Å². The van der Waals surface area contributed by atoms with Crippen LogP contribution in [0.4, 0.5) is 5.69 Å². The number of hydrogen-bond donors (Lipinski definition) is 2. The Kier molecular flexibility index (Phi) is 7.86. The van der Waals surface area contributed by atoms with E-state index in [0.717, 1.165) is 32.5 Å². The molecule has 0 bridgehead atoms. The van der Waals surface area contributed by atoms with Crippen LogP contribution in [-0.4, -0.2) is 45.9 Å². The summed E-state index contributed by atoms with van der Waals surface area (Å²) >= 11 is 0. The number of halogens is 1. The maximum Gasteiger partial charge on any atom is 0.261 e. The molecule has 0 unspecified atom stereocenters. The molecule has 0 saturated carbocycles. The highest BCUT2D eigenvalue weighted by Crippen LogP contribution is 2.20. The van der Waals surface area contributed by atoms with Gasteiger partial charge in [0.25, 0.3) is 15.9 Å². The standard InChI is InChI=1S/C20H25N3O3S.ClH/c1-21-15-16-11-13-23(14-12-16)20(24)17-7-9-18(10-8-17)22-27(25,26)19-5-3-2-4-6-19;/h2-10,16,21-22H,11-15H2,1H3;1H. The fourth-order valence-corrected chi connectivity index (χ4v) is 4.39. The van der Waals surface area contributed by atoms with Gasteiger partial charge in [0, 0.05) is 24.3 Å². The lowest BCUT2D eigenvalue weighted by Gasteiger charge is -2.32. The van der Waals surface area contributed by atoms with Crippen molar-refractivity contribution in [2.75, 3.05) is 31.4 Å². The molecule has 6 nitrogen and oxygen atoms in total. The van der Waals surface area contributed by atoms with E-state index in [1.807, 2.05) is 11.9 Å². The van der Waals surface area contributed by atoms with Gasteiger partial charge in [-0.3, -0.25) is 9.52 Å². The average molecular weight is 424 g/mol. The molecule has 1 heterocycles. The number of amides is 1. The molecule has 1 fully saturated rings. The zero-order valence-corrected chi connectivity index (χ0v) is 17.4. The molecule has 152 valence electrons. The first-order valence-corrected chi connectivity index (χ1v) is 10.6. The van der Waals surface area contributed by atoms with Crippen LogP contribution in [0.15, 0.2) is 59.5 Å². The van der Waals surface area contributed by atoms with Gasteiger partial charge in [0.1, 0.15) is 0 Å². The first-order chi connectivity index (χ1) is 13.0. The SMILES string of the molecule is CNCC1CCN(C(=O)c2ccc(NS(=O)(=O)c3ccccc3)cc2)CC1.Cl. The second-order valence-electron chi connectivity index (χ2n) is 6.79. The molecular formula is C20H26ClN3O3S. The molecule has 0 aliphatic carbocycles. The van der Waals surface area contributed by atoms with Gasteiger partial charge in [-0.05, 0) is 68.8 Å². The molecule has 1 saturated heterocycles. The van der Waals surface area contributed by atoms with Crippen LogP contribution in [0.1, 0.15) is 23.2 Å². The van der Waals surface area contributed by atoms with Crippen molar-refractivity contribution in [3.63, 3.8) is 0 Å². The van der Waals surface area contributed by atoms with Crippen LogP contribution in [0, 0.1) is 5.92 Å². The van der Waals surface area contributed by atoms with Gasteiger partial charge in [-0.25, -0.2) is 8.42 Å². The van der Waals surface area contributed by atoms with Crippen LogP contribution in [0.25, 0.3) is 0 Å². The largest absolute Gasteiger partial charge is 0.339 e. The minimum absolute atomic E-state index is 0. The van der Waals surface area contributed by atoms with Crippen molar-refractivity contribution in [2.24, 2.45) is 5.92 Å². The highest BCUT2D eigenvalue weighted by molar-refractivity contribution is 7.92. The highest BCUT2D eigenvalue weighted by atomic mass is 35.5. The van der Waals surface area contributed by atoms with Gasteiger partial charge < -0.3 is 10.2 Å². The molecule has 2 aromatic carbocycles. The number of likely N-dealkylation sites (tertiary alicyclic amines) is 1. The number of nitrogens with zero attached hydrogens (tertiary/aromatic N) is 1. The van der Waals surface area contributed by atoms with Gasteiger partial charge in [0.05, 0.1) is 4.90 Å². The smallest absolute Gasteiger partial charge is 0.261 e. The minimum atomic E-state index is -3.63. The first-order valence-electron chi connectivity index (χ1n) is 9.11. The first kappa shape index (κ1) is 22.2. The summed E-state index contributed by atoms with van der Waals surface area (Å²) in [5.41, 5.74) is 1.01. The summed E-state index contributed by atoms with van der Waals surface area (Å²) in [6.07, 6.45) is 2.00. The summed E-state index contributed by atoms with van der Waals surface area (Å²) in [5.74, 6) is 0.615. The summed E-state index contributed by atoms with van der Waals surface area (Å²) in [7, 11) is -1.68. The fraction of sp³-hybridized carbons (Fsp3) is 0.350. The Balaban J connectivity index is 0.00000280. The average Bonchev–Trinajstić information content (AvgIpc) is 2.69. The molecule has 0 radical (unpaired) electrons. The quantitative estimate of drug-likeness (QED) is 0.748. The van der Waals surface area contributed by atoms with Gasteiger partial charge in [0.2, 0.25) is 0 Å². The van der Waals surface area contributed by atoms with E-state index < -0.39 is 10.0 Å². The zero-order valence-electron chi connectivity index (χ0n) is 15.8. The summed E-state index contributed by atoms with van der Waals surface area (Å²) in [5, 5.41) is 3.19. The van der Waals surface area contributed by atoms with E-state index in [1.165, 1.54) is 12.1 Å². The molecule has 2 N–H and O–H groups in total. The number of hydrogen-bond acceptors (Lipinski definition) is 4. The Labute approximate surface area is 172 Å². The van der Waals surface area contributed by atoms with E-state index in [-0.39, 0.29) is 23.2 Å². The number of anilines is 1. The van der Waals surface area contributed by atoms with Crippen molar-refractivity contribution >= 4 is 34.0 Å². The molecule has 0 atom stereocenters. The fourth-order valence-electron chi connectivity index (χ4n) is 3.31. The predicted molar refractivity (Wildman–Crippen MR) is 113 cm³/mol. The van der Waals surface area contributed by atoms with Crippen molar-refractivity contribution in [3.8, 4) is 0 Å². The van der Waals surface area contributed by atoms with E-state index in [2.05, 4.69) is 10.0 Å². The van der Waals surface area contributed by atoms with Crippen molar-refractivity contribution in [3.05, 3.63) is 60.2 Å². The molecule has 0 spiro atoms. The number of sulfonamides is 1. The van der Waals surface area contributed by atoms with E-state index >= 15 is 0 Å². The minimum Gasteiger partial charge on any atom is -0.339 e. The molecule has 1 aliphatic heterocycles. The Morgan fingerprint density at radius 2 is 1.64 bits per heavy atom. The number of piperidine rings is 1. The Bertz CT molecular complexity index is 865. The number of carbonyl (C=O) groups excluding carboxylic acids is 1. The van der Waals surface area contributed by atoms with Crippen LogP contribution < -0.4 is 10.0 Å². The molecule has 3 rings (SSSR count). The lowest BCUT2D eigenvalue weighted by molar-refractivity contribution is 0.0691. The number of rotatable bonds is 6. The zero-order chi connectivity index (χ0) is 19.3. The monoisotopic (exact) mass is 423 g/mol. The maximum absolute atomic E-state index is 12.7. The third-order valence-electron chi connectivity index (χ3n) is 4.83. The molecular weight excluding hydrogens is 398 g/mol. The summed E-state index contributed by atoms with van der Waals surface area (Å²) in [6, 6.07) is 14.8. The molecule has 8 heteroatoms. The predicted octanol–water partition coefficient (Wildman–Crippen LogP) is 2.98. The van der Waals surface area contributed by atoms with Crippen LogP contribution >= 0.6 is 12.4 Å². The molecule has 1 amide bonds. The van der Waals surface area contributed by atoms with Gasteiger partial charge in [-0.1, -0.05) is 18.2 Å². The second-order valence-corrected chi connectivity index (χ2v) is 8.47. The third-order valence-corrected chi connectivity index (χ3v) is 6.23. The van der Waals surface area contributed by atoms with Gasteiger partial charge in [-0.2, -0.15) is 0 Å². The topological polar surface area (TPSA) is 78.5 Å². The Morgan fingerprint density at radius 3 is 2.21 bits per heavy atom. The van der Waals surface area contributed by atoms with E-state index in [4.69, 9.17) is 0 Å². The van der Waals surface area contributed by atoms with Gasteiger partial charge >= 0.3 is 0 Å². The van der Waals surface area contributed by atoms with E-state index in [1.54, 1.807) is 42.5 Å². The van der Waals surface area contributed by atoms with Gasteiger partial charge in [-0.15, -0.1) is 12.4 Å². The number of nitrogens with one attached hydrogen (secondary N) is 2. The van der Waals surface area contributed by atoms with Crippen molar-refractivity contribution < 1.29 is 13.2 Å². The molecule has 2 aromatic rings. The van der Waals surface area contributed by atoms with Crippen molar-refractivity contribution in [1.29, 1.82) is 0 Å².